The Labute approximate surface area is 214 Å². The zero-order chi connectivity index (χ0) is 26.7. The first-order chi connectivity index (χ1) is 16.8. The van der Waals surface area contributed by atoms with Gasteiger partial charge in [-0.3, -0.25) is 9.80 Å². The Hall–Kier alpha value is -3.42. The third-order valence-corrected chi connectivity index (χ3v) is 5.59. The van der Waals surface area contributed by atoms with Gasteiger partial charge in [0.1, 0.15) is 11.2 Å². The number of rotatable bonds is 2. The molecule has 0 bridgehead atoms. The molecule has 0 aliphatic carbocycles. The van der Waals surface area contributed by atoms with E-state index in [-0.39, 0.29) is 12.2 Å². The third-order valence-electron chi connectivity index (χ3n) is 5.59. The molecule has 2 aliphatic rings. The van der Waals surface area contributed by atoms with Crippen LogP contribution in [-0.2, 0) is 22.3 Å². The van der Waals surface area contributed by atoms with Crippen LogP contribution in [0.2, 0.25) is 0 Å². The second-order valence-electron chi connectivity index (χ2n) is 11.0. The summed E-state index contributed by atoms with van der Waals surface area (Å²) in [7, 11) is 0. The minimum absolute atomic E-state index is 0.264. The van der Waals surface area contributed by atoms with E-state index >= 15 is 0 Å². The van der Waals surface area contributed by atoms with Gasteiger partial charge in [0.15, 0.2) is 0 Å². The van der Waals surface area contributed by atoms with Gasteiger partial charge in [0.25, 0.3) is 0 Å². The molecule has 0 radical (unpaired) electrons. The van der Waals surface area contributed by atoms with Crippen LogP contribution in [0.4, 0.5) is 32.3 Å². The van der Waals surface area contributed by atoms with Gasteiger partial charge in [-0.2, -0.15) is 0 Å². The number of ether oxygens (including phenoxy) is 2. The van der Waals surface area contributed by atoms with Crippen molar-refractivity contribution in [2.24, 2.45) is 0 Å². The van der Waals surface area contributed by atoms with Crippen LogP contribution >= 0.6 is 0 Å². The predicted octanol–water partition coefficient (Wildman–Crippen LogP) is 5.98. The number of amides is 2. The van der Waals surface area contributed by atoms with E-state index in [9.17, 15) is 9.59 Å². The van der Waals surface area contributed by atoms with Gasteiger partial charge in [-0.15, -0.1) is 0 Å². The summed E-state index contributed by atoms with van der Waals surface area (Å²) in [5.74, 6) is 0. The Balaban J connectivity index is 0.000000202. The highest BCUT2D eigenvalue weighted by Gasteiger charge is 2.30. The molecule has 8 nitrogen and oxygen atoms in total. The lowest BCUT2D eigenvalue weighted by Gasteiger charge is -2.25. The minimum atomic E-state index is -0.472. The number of hydrogen-bond donors (Lipinski definition) is 2. The van der Waals surface area contributed by atoms with Crippen molar-refractivity contribution >= 4 is 34.9 Å². The van der Waals surface area contributed by atoms with Gasteiger partial charge in [0.05, 0.1) is 11.4 Å². The molecule has 0 unspecified atom stereocenters. The average Bonchev–Trinajstić information content (AvgIpc) is 3.35. The topological polar surface area (TPSA) is 97.1 Å². The van der Waals surface area contributed by atoms with Crippen molar-refractivity contribution in [3.05, 3.63) is 47.5 Å². The first kappa shape index (κ1) is 27.2. The van der Waals surface area contributed by atoms with Gasteiger partial charge in [-0.05, 0) is 96.7 Å². The zero-order valence-corrected chi connectivity index (χ0v) is 22.6. The van der Waals surface area contributed by atoms with Crippen molar-refractivity contribution in [3.8, 4) is 0 Å². The fourth-order valence-electron chi connectivity index (χ4n) is 4.10. The first-order valence-corrected chi connectivity index (χ1v) is 12.5. The molecule has 8 heteroatoms. The SMILES string of the molecule is CC(C)(C)OC(=O)N1CCc2ccc(N)cc21.CCNc1ccc2c(c1)N(C(=O)OC(C)(C)C)CC2. The Bertz CT molecular complexity index is 1100. The molecular formula is C28H40N4O4. The summed E-state index contributed by atoms with van der Waals surface area (Å²) in [5, 5.41) is 3.27. The summed E-state index contributed by atoms with van der Waals surface area (Å²) in [4.78, 5) is 27.5. The van der Waals surface area contributed by atoms with E-state index in [0.717, 1.165) is 42.0 Å². The fraction of sp³-hybridized carbons (Fsp3) is 0.500. The zero-order valence-electron chi connectivity index (χ0n) is 22.6. The number of nitrogens with zero attached hydrogens (tertiary/aromatic N) is 2. The molecule has 3 N–H and O–H groups in total. The van der Waals surface area contributed by atoms with Crippen LogP contribution in [0.1, 0.15) is 59.6 Å². The molecule has 2 aliphatic heterocycles. The largest absolute Gasteiger partial charge is 0.443 e. The van der Waals surface area contributed by atoms with Crippen molar-refractivity contribution in [1.29, 1.82) is 0 Å². The fourth-order valence-corrected chi connectivity index (χ4v) is 4.10. The van der Waals surface area contributed by atoms with Crippen LogP contribution in [0.15, 0.2) is 36.4 Å². The quantitative estimate of drug-likeness (QED) is 0.496. The van der Waals surface area contributed by atoms with Crippen molar-refractivity contribution < 1.29 is 19.1 Å². The third kappa shape index (κ3) is 7.06. The molecule has 2 heterocycles. The molecule has 0 fully saturated rings. The van der Waals surface area contributed by atoms with Crippen molar-refractivity contribution in [3.63, 3.8) is 0 Å². The maximum atomic E-state index is 12.2. The number of hydrogen-bond acceptors (Lipinski definition) is 6. The van der Waals surface area contributed by atoms with Crippen molar-refractivity contribution in [2.45, 2.75) is 72.5 Å². The van der Waals surface area contributed by atoms with E-state index in [1.807, 2.05) is 65.8 Å². The van der Waals surface area contributed by atoms with Gasteiger partial charge >= 0.3 is 12.2 Å². The molecule has 2 aromatic carbocycles. The van der Waals surface area contributed by atoms with Crippen molar-refractivity contribution in [1.82, 2.24) is 0 Å². The number of nitrogens with one attached hydrogen (secondary N) is 1. The second-order valence-corrected chi connectivity index (χ2v) is 11.0. The van der Waals surface area contributed by atoms with Crippen LogP contribution in [-0.4, -0.2) is 43.0 Å². The molecule has 4 rings (SSSR count). The number of carbonyl (C=O) groups is 2. The average molecular weight is 497 g/mol. The lowest BCUT2D eigenvalue weighted by Crippen LogP contribution is -2.35. The van der Waals surface area contributed by atoms with E-state index in [0.29, 0.717) is 18.8 Å². The maximum absolute atomic E-state index is 12.2. The highest BCUT2D eigenvalue weighted by atomic mass is 16.6. The van der Waals surface area contributed by atoms with Crippen LogP contribution < -0.4 is 20.9 Å². The first-order valence-electron chi connectivity index (χ1n) is 12.5. The van der Waals surface area contributed by atoms with Gasteiger partial charge in [0.2, 0.25) is 0 Å². The lowest BCUT2D eigenvalue weighted by molar-refractivity contribution is 0.0573. The van der Waals surface area contributed by atoms with Gasteiger partial charge in [0, 0.05) is 31.0 Å². The molecule has 0 atom stereocenters. The maximum Gasteiger partial charge on any atom is 0.414 e. The van der Waals surface area contributed by atoms with E-state index in [2.05, 4.69) is 24.4 Å². The normalized spacial score (nSPS) is 14.4. The van der Waals surface area contributed by atoms with Crippen LogP contribution in [0, 0.1) is 0 Å². The molecule has 196 valence electrons. The molecule has 0 saturated carbocycles. The van der Waals surface area contributed by atoms with Crippen LogP contribution in [0.5, 0.6) is 0 Å². The van der Waals surface area contributed by atoms with Crippen molar-refractivity contribution in [2.75, 3.05) is 40.5 Å². The predicted molar refractivity (Wildman–Crippen MR) is 146 cm³/mol. The van der Waals surface area contributed by atoms with Gasteiger partial charge in [-0.1, -0.05) is 12.1 Å². The van der Waals surface area contributed by atoms with E-state index < -0.39 is 11.2 Å². The Kier molecular flexibility index (Phi) is 8.06. The van der Waals surface area contributed by atoms with Crippen LogP contribution in [0.25, 0.3) is 0 Å². The molecule has 0 spiro atoms. The summed E-state index contributed by atoms with van der Waals surface area (Å²) in [6.45, 7) is 15.5. The number of anilines is 4. The van der Waals surface area contributed by atoms with Crippen LogP contribution in [0.3, 0.4) is 0 Å². The summed E-state index contributed by atoms with van der Waals surface area (Å²) in [5.41, 5.74) is 10.7. The van der Waals surface area contributed by atoms with Gasteiger partial charge < -0.3 is 20.5 Å². The number of carbonyl (C=O) groups excluding carboxylic acids is 2. The summed E-state index contributed by atoms with van der Waals surface area (Å²) < 4.78 is 10.8. The Morgan fingerprint density at radius 2 is 1.31 bits per heavy atom. The molecule has 2 aromatic rings. The molecule has 0 saturated heterocycles. The van der Waals surface area contributed by atoms with Gasteiger partial charge in [-0.25, -0.2) is 9.59 Å². The Morgan fingerprint density at radius 3 is 1.78 bits per heavy atom. The summed E-state index contributed by atoms with van der Waals surface area (Å²) in [6, 6.07) is 11.8. The smallest absolute Gasteiger partial charge is 0.414 e. The monoisotopic (exact) mass is 496 g/mol. The van der Waals surface area contributed by atoms with E-state index in [1.165, 1.54) is 5.56 Å². The van der Waals surface area contributed by atoms with E-state index in [4.69, 9.17) is 15.2 Å². The number of nitrogen functional groups attached to an aromatic ring is 1. The molecule has 36 heavy (non-hydrogen) atoms. The Morgan fingerprint density at radius 1 is 0.833 bits per heavy atom. The molecule has 2 amide bonds. The number of benzene rings is 2. The number of nitrogens with two attached hydrogens (primary N) is 1. The summed E-state index contributed by atoms with van der Waals surface area (Å²) >= 11 is 0. The highest BCUT2D eigenvalue weighted by Crippen LogP contribution is 2.32. The highest BCUT2D eigenvalue weighted by molar-refractivity contribution is 5.92. The standard InChI is InChI=1S/C15H22N2O2.C13H18N2O2/c1-5-16-12-7-6-11-8-9-17(13(11)10-12)14(18)19-15(2,3)4;1-13(2,3)17-12(16)15-7-6-9-4-5-10(14)8-11(9)15/h6-7,10,16H,5,8-9H2,1-4H3;4-5,8H,6-7,14H2,1-3H3. The lowest BCUT2D eigenvalue weighted by atomic mass is 10.1. The minimum Gasteiger partial charge on any atom is -0.443 e. The summed E-state index contributed by atoms with van der Waals surface area (Å²) in [6.07, 6.45) is 1.18. The molecular weight excluding hydrogens is 456 g/mol. The number of fused-ring (bicyclic) bond motifs is 2. The molecule has 0 aromatic heterocycles. The second kappa shape index (κ2) is 10.7. The van der Waals surface area contributed by atoms with E-state index in [1.54, 1.807) is 9.80 Å².